The van der Waals surface area contributed by atoms with E-state index in [1.54, 1.807) is 6.92 Å². The summed E-state index contributed by atoms with van der Waals surface area (Å²) in [7, 11) is 0. The molecule has 0 unspecified atom stereocenters. The maximum absolute atomic E-state index is 12.6. The fourth-order valence-corrected chi connectivity index (χ4v) is 4.36. The first kappa shape index (κ1) is 27.9. The van der Waals surface area contributed by atoms with Crippen LogP contribution in [0.2, 0.25) is 0 Å². The van der Waals surface area contributed by atoms with Crippen molar-refractivity contribution in [3.05, 3.63) is 71.0 Å². The molecule has 1 aromatic heterocycles. The summed E-state index contributed by atoms with van der Waals surface area (Å²) < 4.78 is 1.04. The molecule has 0 bridgehead atoms. The minimum absolute atomic E-state index is 0.136. The van der Waals surface area contributed by atoms with Gasteiger partial charge in [0.25, 0.3) is 16.9 Å². The second kappa shape index (κ2) is 11.9. The lowest BCUT2D eigenvalue weighted by molar-refractivity contribution is -0.393. The number of aryl methyl sites for hydroxylation is 1. The van der Waals surface area contributed by atoms with Crippen LogP contribution in [0.1, 0.15) is 17.9 Å². The van der Waals surface area contributed by atoms with Gasteiger partial charge in [-0.2, -0.15) is 0 Å². The molecule has 192 valence electrons. The van der Waals surface area contributed by atoms with Crippen molar-refractivity contribution in [2.24, 2.45) is 0 Å². The molecule has 6 N–H and O–H groups in total. The van der Waals surface area contributed by atoms with Crippen molar-refractivity contribution in [2.75, 3.05) is 17.7 Å². The zero-order valence-electron chi connectivity index (χ0n) is 18.6. The van der Waals surface area contributed by atoms with E-state index in [1.807, 2.05) is 0 Å². The zero-order valence-corrected chi connectivity index (χ0v) is 19.4. The Kier molecular flexibility index (Phi) is 9.49. The Bertz CT molecular complexity index is 1190. The summed E-state index contributed by atoms with van der Waals surface area (Å²) in [5.41, 5.74) is -2.97. The van der Waals surface area contributed by atoms with E-state index in [1.165, 1.54) is 13.1 Å². The number of aliphatic hydroxyl groups is 4. The Morgan fingerprint density at radius 1 is 1.14 bits per heavy atom. The number of aliphatic hydroxyl groups excluding tert-OH is 4. The van der Waals surface area contributed by atoms with Gasteiger partial charge in [0, 0.05) is 17.8 Å². The van der Waals surface area contributed by atoms with Gasteiger partial charge in [0.1, 0.15) is 29.4 Å². The highest BCUT2D eigenvalue weighted by atomic mass is 32.2. The molecule has 0 aliphatic heterocycles. The van der Waals surface area contributed by atoms with Gasteiger partial charge in [-0.05, 0) is 18.7 Å². The van der Waals surface area contributed by atoms with E-state index in [0.717, 1.165) is 28.5 Å². The number of hydrogen-bond donors (Lipinski definition) is 6. The van der Waals surface area contributed by atoms with Crippen LogP contribution in [0.4, 0.5) is 17.1 Å². The van der Waals surface area contributed by atoms with Crippen molar-refractivity contribution in [3.63, 3.8) is 0 Å². The van der Waals surface area contributed by atoms with Gasteiger partial charge in [0.05, 0.1) is 28.6 Å². The molecular weight excluding hydrogens is 490 g/mol. The van der Waals surface area contributed by atoms with E-state index in [9.17, 15) is 50.2 Å². The lowest BCUT2D eigenvalue weighted by Gasteiger charge is -2.35. The molecule has 0 aliphatic carbocycles. The number of anilines is 1. The molecule has 35 heavy (non-hydrogen) atoms. The van der Waals surface area contributed by atoms with Crippen molar-refractivity contribution in [3.8, 4) is 0 Å². The van der Waals surface area contributed by atoms with Crippen LogP contribution in [-0.2, 0) is 0 Å². The molecule has 2 rings (SSSR count). The van der Waals surface area contributed by atoms with Crippen LogP contribution >= 0.6 is 11.8 Å². The van der Waals surface area contributed by atoms with Crippen molar-refractivity contribution >= 4 is 28.8 Å². The highest BCUT2D eigenvalue weighted by Crippen LogP contribution is 2.35. The lowest BCUT2D eigenvalue weighted by atomic mass is 10.00. The van der Waals surface area contributed by atoms with Crippen LogP contribution in [0.25, 0.3) is 0 Å². The molecule has 15 nitrogen and oxygen atoms in total. The first-order valence-corrected chi connectivity index (χ1v) is 11.3. The number of hydrogen-bond acceptors (Lipinski definition) is 12. The molecule has 0 saturated heterocycles. The third-order valence-corrected chi connectivity index (χ3v) is 6.27. The van der Waals surface area contributed by atoms with Crippen LogP contribution in [0.15, 0.2) is 34.0 Å². The number of benzene rings is 1. The summed E-state index contributed by atoms with van der Waals surface area (Å²) in [5.74, 6) is 0.335. The number of nitro benzene ring substituents is 2. The molecular formula is C19H25N5O10S. The van der Waals surface area contributed by atoms with Gasteiger partial charge in [-0.3, -0.25) is 34.6 Å². The van der Waals surface area contributed by atoms with Gasteiger partial charge >= 0.3 is 5.69 Å². The van der Waals surface area contributed by atoms with Gasteiger partial charge in [0.15, 0.2) is 0 Å². The first-order chi connectivity index (χ1) is 16.4. The predicted molar refractivity (Wildman–Crippen MR) is 125 cm³/mol. The molecule has 0 fully saturated rings. The second-order valence-corrected chi connectivity index (χ2v) is 8.84. The molecule has 0 aliphatic rings. The highest BCUT2D eigenvalue weighted by molar-refractivity contribution is 7.99. The number of nitro groups is 2. The van der Waals surface area contributed by atoms with Crippen LogP contribution in [-0.4, -0.2) is 76.5 Å². The summed E-state index contributed by atoms with van der Waals surface area (Å²) in [6, 6.07) is 1.26. The van der Waals surface area contributed by atoms with Gasteiger partial charge in [-0.1, -0.05) is 6.92 Å². The van der Waals surface area contributed by atoms with Crippen LogP contribution in [0.3, 0.4) is 0 Å². The summed E-state index contributed by atoms with van der Waals surface area (Å²) >= 11 is 1.06. The summed E-state index contributed by atoms with van der Waals surface area (Å²) in [6.07, 6.45) is -4.48. The third kappa shape index (κ3) is 6.43. The van der Waals surface area contributed by atoms with Gasteiger partial charge in [-0.15, -0.1) is 11.8 Å². The van der Waals surface area contributed by atoms with E-state index >= 15 is 0 Å². The van der Waals surface area contributed by atoms with Crippen molar-refractivity contribution in [2.45, 2.75) is 43.6 Å². The van der Waals surface area contributed by atoms with Crippen molar-refractivity contribution in [1.82, 2.24) is 9.55 Å². The first-order valence-electron chi connectivity index (χ1n) is 10.2. The Morgan fingerprint density at radius 2 is 1.80 bits per heavy atom. The maximum atomic E-state index is 12.6. The fraction of sp³-hybridized carbons (Fsp3) is 0.474. The van der Waals surface area contributed by atoms with Crippen LogP contribution in [0.5, 0.6) is 0 Å². The highest BCUT2D eigenvalue weighted by Gasteiger charge is 2.39. The Balaban J connectivity index is 2.70. The number of nitrogens with zero attached hydrogens (tertiary/aromatic N) is 3. The van der Waals surface area contributed by atoms with E-state index in [0.29, 0.717) is 11.8 Å². The normalized spacial score (nSPS) is 15.6. The SMILES string of the molecule is CCS[C@@H]([C@H](Nc1ccc([N+](=O)[O-])cc1[N+](=O)[O-])[C@H](O)[C@H](O)[C@H](O)CO)n1cc(C)c(=O)[nH]c1=O. The largest absolute Gasteiger partial charge is 0.394 e. The Hall–Kier alpha value is -3.31. The standard InChI is InChI=1S/C19H25N5O10S/c1-3-35-18(22-7-9(2)17(29)21-19(22)30)14(16(28)15(27)13(26)8-25)20-11-5-4-10(23(31)32)6-12(11)24(33)34/h4-7,13-16,18,20,25-28H,3,8H2,1-2H3,(H,21,29,30)/t13-,14-,15-,16+,18+/m1/s1. The quantitative estimate of drug-likeness (QED) is 0.155. The monoisotopic (exact) mass is 515 g/mol. The number of non-ortho nitro benzene ring substituents is 1. The van der Waals surface area contributed by atoms with Gasteiger partial charge < -0.3 is 25.7 Å². The number of nitrogens with one attached hydrogen (secondary N) is 2. The topological polar surface area (TPSA) is 234 Å². The Morgan fingerprint density at radius 3 is 2.34 bits per heavy atom. The van der Waals surface area contributed by atoms with E-state index in [4.69, 9.17) is 0 Å². The van der Waals surface area contributed by atoms with Crippen LogP contribution < -0.4 is 16.6 Å². The molecule has 2 aromatic rings. The summed E-state index contributed by atoms with van der Waals surface area (Å²) in [6.45, 7) is 2.21. The van der Waals surface area contributed by atoms with Crippen LogP contribution in [0, 0.1) is 27.2 Å². The van der Waals surface area contributed by atoms with Crippen molar-refractivity contribution < 1.29 is 30.3 Å². The average Bonchev–Trinajstić information content (AvgIpc) is 2.82. The van der Waals surface area contributed by atoms with E-state index < -0.39 is 68.8 Å². The Labute approximate surface area is 201 Å². The molecule has 1 heterocycles. The minimum Gasteiger partial charge on any atom is -0.394 e. The summed E-state index contributed by atoms with van der Waals surface area (Å²) in [4.78, 5) is 47.5. The summed E-state index contributed by atoms with van der Waals surface area (Å²) in [5, 5.41) is 64.6. The number of thioether (sulfide) groups is 1. The zero-order chi connectivity index (χ0) is 26.4. The van der Waals surface area contributed by atoms with Gasteiger partial charge in [-0.25, -0.2) is 4.79 Å². The van der Waals surface area contributed by atoms with Gasteiger partial charge in [0.2, 0.25) is 0 Å². The maximum Gasteiger partial charge on any atom is 0.329 e. The number of aromatic nitrogens is 2. The minimum atomic E-state index is -1.96. The molecule has 0 radical (unpaired) electrons. The predicted octanol–water partition coefficient (Wildman–Crippen LogP) is -0.531. The number of rotatable bonds is 12. The second-order valence-electron chi connectivity index (χ2n) is 7.44. The van der Waals surface area contributed by atoms with Crippen molar-refractivity contribution in [1.29, 1.82) is 0 Å². The van der Waals surface area contributed by atoms with E-state index in [-0.39, 0.29) is 11.3 Å². The molecule has 16 heteroatoms. The van der Waals surface area contributed by atoms with E-state index in [2.05, 4.69) is 10.3 Å². The molecule has 1 aromatic carbocycles. The molecule has 5 atom stereocenters. The average molecular weight is 516 g/mol. The fourth-order valence-electron chi connectivity index (χ4n) is 3.26. The lowest BCUT2D eigenvalue weighted by Crippen LogP contribution is -2.52. The number of H-pyrrole nitrogens is 1. The molecule has 0 spiro atoms. The molecule has 0 amide bonds. The third-order valence-electron chi connectivity index (χ3n) is 5.07. The number of aromatic amines is 1. The molecule has 0 saturated carbocycles. The smallest absolute Gasteiger partial charge is 0.329 e.